The van der Waals surface area contributed by atoms with Gasteiger partial charge in [0.05, 0.1) is 16.4 Å². The highest BCUT2D eigenvalue weighted by Gasteiger charge is 2.19. The zero-order chi connectivity index (χ0) is 13.8. The van der Waals surface area contributed by atoms with E-state index in [0.717, 1.165) is 42.3 Å². The first kappa shape index (κ1) is 15.8. The van der Waals surface area contributed by atoms with Crippen molar-refractivity contribution in [3.63, 3.8) is 0 Å². The molecule has 0 aliphatic rings. The van der Waals surface area contributed by atoms with Crippen LogP contribution >= 0.6 is 23.2 Å². The first-order chi connectivity index (χ1) is 8.45. The molecule has 0 radical (unpaired) electrons. The first-order valence-electron chi connectivity index (χ1n) is 6.50. The van der Waals surface area contributed by atoms with Crippen molar-refractivity contribution in [3.8, 4) is 0 Å². The van der Waals surface area contributed by atoms with Gasteiger partial charge in [-0.15, -0.1) is 11.6 Å². The maximum Gasteiger partial charge on any atom is 0.0863 e. The summed E-state index contributed by atoms with van der Waals surface area (Å²) in [5.41, 5.74) is 2.06. The summed E-state index contributed by atoms with van der Waals surface area (Å²) in [5.74, 6) is 0.654. The van der Waals surface area contributed by atoms with E-state index in [0.29, 0.717) is 5.88 Å². The summed E-state index contributed by atoms with van der Waals surface area (Å²) in [5, 5.41) is 8.81. The molecule has 1 heterocycles. The molecule has 0 spiro atoms. The lowest BCUT2D eigenvalue weighted by atomic mass is 10.0. The molecule has 0 aliphatic carbocycles. The zero-order valence-electron chi connectivity index (χ0n) is 11.7. The smallest absolute Gasteiger partial charge is 0.0863 e. The second kappa shape index (κ2) is 6.78. The highest BCUT2D eigenvalue weighted by atomic mass is 35.5. The SMILES string of the molecule is CCc1nn(CC)c(CNC(C)(C)CCCl)c1Cl. The molecule has 18 heavy (non-hydrogen) atoms. The number of aromatic nitrogens is 2. The van der Waals surface area contributed by atoms with Crippen molar-refractivity contribution >= 4 is 23.2 Å². The van der Waals surface area contributed by atoms with Crippen LogP contribution in [0.1, 0.15) is 45.5 Å². The maximum absolute atomic E-state index is 6.36. The van der Waals surface area contributed by atoms with Crippen LogP contribution in [0.15, 0.2) is 0 Å². The standard InChI is InChI=1S/C13H23Cl2N3/c1-5-10-12(15)11(18(6-2)17-10)9-16-13(3,4)7-8-14/h16H,5-9H2,1-4H3. The van der Waals surface area contributed by atoms with Crippen molar-refractivity contribution in [2.24, 2.45) is 0 Å². The van der Waals surface area contributed by atoms with Gasteiger partial charge in [0.25, 0.3) is 0 Å². The van der Waals surface area contributed by atoms with Crippen molar-refractivity contribution < 1.29 is 0 Å². The van der Waals surface area contributed by atoms with E-state index in [9.17, 15) is 0 Å². The lowest BCUT2D eigenvalue weighted by molar-refractivity contribution is 0.369. The average molecular weight is 292 g/mol. The summed E-state index contributed by atoms with van der Waals surface area (Å²) < 4.78 is 1.98. The normalized spacial score (nSPS) is 12.1. The third-order valence-corrected chi connectivity index (χ3v) is 3.77. The van der Waals surface area contributed by atoms with E-state index < -0.39 is 0 Å². The van der Waals surface area contributed by atoms with Crippen LogP contribution in [0.4, 0.5) is 0 Å². The summed E-state index contributed by atoms with van der Waals surface area (Å²) >= 11 is 12.2. The van der Waals surface area contributed by atoms with Crippen LogP contribution in [0.25, 0.3) is 0 Å². The highest BCUT2D eigenvalue weighted by Crippen LogP contribution is 2.22. The van der Waals surface area contributed by atoms with E-state index >= 15 is 0 Å². The van der Waals surface area contributed by atoms with Gasteiger partial charge >= 0.3 is 0 Å². The number of hydrogen-bond acceptors (Lipinski definition) is 2. The van der Waals surface area contributed by atoms with Gasteiger partial charge in [0, 0.05) is 24.5 Å². The predicted molar refractivity (Wildman–Crippen MR) is 78.5 cm³/mol. The molecule has 1 aromatic rings. The fourth-order valence-corrected chi connectivity index (χ4v) is 2.64. The number of alkyl halides is 1. The summed E-state index contributed by atoms with van der Waals surface area (Å²) in [6.07, 6.45) is 1.79. The molecular formula is C13H23Cl2N3. The monoisotopic (exact) mass is 291 g/mol. The van der Waals surface area contributed by atoms with Crippen LogP contribution < -0.4 is 5.32 Å². The molecule has 0 aromatic carbocycles. The van der Waals surface area contributed by atoms with Gasteiger partial charge in [-0.05, 0) is 33.6 Å². The van der Waals surface area contributed by atoms with E-state index in [-0.39, 0.29) is 5.54 Å². The fraction of sp³-hybridized carbons (Fsp3) is 0.769. The molecule has 0 fully saturated rings. The summed E-state index contributed by atoms with van der Waals surface area (Å²) in [4.78, 5) is 0. The summed E-state index contributed by atoms with van der Waals surface area (Å²) in [7, 11) is 0. The van der Waals surface area contributed by atoms with Gasteiger partial charge < -0.3 is 5.32 Å². The molecule has 1 aromatic heterocycles. The molecule has 0 unspecified atom stereocenters. The molecule has 0 saturated carbocycles. The van der Waals surface area contributed by atoms with Gasteiger partial charge in [-0.1, -0.05) is 18.5 Å². The topological polar surface area (TPSA) is 29.9 Å². The molecule has 1 N–H and O–H groups in total. The van der Waals surface area contributed by atoms with Crippen LogP contribution in [0, 0.1) is 0 Å². The minimum atomic E-state index is 0.0142. The Morgan fingerprint density at radius 3 is 2.50 bits per heavy atom. The molecule has 0 saturated heterocycles. The average Bonchev–Trinajstić information content (AvgIpc) is 2.63. The molecule has 3 nitrogen and oxygen atoms in total. The van der Waals surface area contributed by atoms with Gasteiger partial charge in [0.1, 0.15) is 0 Å². The van der Waals surface area contributed by atoms with Crippen molar-refractivity contribution in [1.82, 2.24) is 15.1 Å². The molecule has 104 valence electrons. The molecular weight excluding hydrogens is 269 g/mol. The van der Waals surface area contributed by atoms with E-state index in [1.165, 1.54) is 0 Å². The summed E-state index contributed by atoms with van der Waals surface area (Å²) in [6, 6.07) is 0. The lowest BCUT2D eigenvalue weighted by Gasteiger charge is -2.25. The quantitative estimate of drug-likeness (QED) is 0.778. The van der Waals surface area contributed by atoms with Crippen molar-refractivity contribution in [3.05, 3.63) is 16.4 Å². The van der Waals surface area contributed by atoms with Crippen LogP contribution in [0.2, 0.25) is 5.02 Å². The Labute approximate surface area is 120 Å². The number of rotatable bonds is 7. The molecule has 0 bridgehead atoms. The Kier molecular flexibility index (Phi) is 5.96. The number of hydrogen-bond donors (Lipinski definition) is 1. The minimum Gasteiger partial charge on any atom is -0.306 e. The highest BCUT2D eigenvalue weighted by molar-refractivity contribution is 6.31. The Bertz CT molecular complexity index is 386. The number of nitrogens with one attached hydrogen (secondary N) is 1. The van der Waals surface area contributed by atoms with Crippen molar-refractivity contribution in [2.75, 3.05) is 5.88 Å². The van der Waals surface area contributed by atoms with Crippen LogP contribution in [0.5, 0.6) is 0 Å². The fourth-order valence-electron chi connectivity index (χ4n) is 1.83. The van der Waals surface area contributed by atoms with Gasteiger partial charge in [-0.2, -0.15) is 5.10 Å². The van der Waals surface area contributed by atoms with Gasteiger partial charge in [0.2, 0.25) is 0 Å². The Hall–Kier alpha value is -0.250. The predicted octanol–water partition coefficient (Wildman–Crippen LogP) is 3.62. The largest absolute Gasteiger partial charge is 0.306 e. The van der Waals surface area contributed by atoms with Crippen LogP contribution in [-0.4, -0.2) is 21.2 Å². The van der Waals surface area contributed by atoms with Gasteiger partial charge in [-0.3, -0.25) is 4.68 Å². The molecule has 0 atom stereocenters. The van der Waals surface area contributed by atoms with Crippen LogP contribution in [0.3, 0.4) is 0 Å². The lowest BCUT2D eigenvalue weighted by Crippen LogP contribution is -2.39. The Morgan fingerprint density at radius 1 is 1.33 bits per heavy atom. The van der Waals surface area contributed by atoms with Gasteiger partial charge in [-0.25, -0.2) is 0 Å². The second-order valence-electron chi connectivity index (χ2n) is 5.05. The van der Waals surface area contributed by atoms with E-state index in [2.05, 4.69) is 38.1 Å². The summed E-state index contributed by atoms with van der Waals surface area (Å²) in [6.45, 7) is 10.0. The minimum absolute atomic E-state index is 0.0142. The van der Waals surface area contributed by atoms with E-state index in [1.807, 2.05) is 4.68 Å². The third kappa shape index (κ3) is 3.87. The molecule has 1 rings (SSSR count). The van der Waals surface area contributed by atoms with Crippen molar-refractivity contribution in [1.29, 1.82) is 0 Å². The molecule has 0 amide bonds. The van der Waals surface area contributed by atoms with E-state index in [4.69, 9.17) is 23.2 Å². The number of aryl methyl sites for hydroxylation is 2. The van der Waals surface area contributed by atoms with Gasteiger partial charge in [0.15, 0.2) is 0 Å². The Morgan fingerprint density at radius 2 is 2.00 bits per heavy atom. The van der Waals surface area contributed by atoms with Crippen LogP contribution in [-0.2, 0) is 19.5 Å². The first-order valence-corrected chi connectivity index (χ1v) is 7.41. The third-order valence-electron chi connectivity index (χ3n) is 3.15. The zero-order valence-corrected chi connectivity index (χ0v) is 13.2. The molecule has 0 aliphatic heterocycles. The molecule has 5 heteroatoms. The van der Waals surface area contributed by atoms with E-state index in [1.54, 1.807) is 0 Å². The Balaban J connectivity index is 2.80. The second-order valence-corrected chi connectivity index (χ2v) is 5.81. The van der Waals surface area contributed by atoms with Crippen molar-refractivity contribution in [2.45, 2.75) is 59.2 Å². The number of nitrogens with zero attached hydrogens (tertiary/aromatic N) is 2. The maximum atomic E-state index is 6.36. The number of halogens is 2.